The molecule has 0 aliphatic carbocycles. The Hall–Kier alpha value is -3.28. The number of aryl methyl sites for hydroxylation is 1. The molecule has 0 bridgehead atoms. The van der Waals surface area contributed by atoms with Crippen molar-refractivity contribution in [3.05, 3.63) is 87.5 Å². The Kier molecular flexibility index (Phi) is 12.4. The molecule has 0 radical (unpaired) electrons. The Labute approximate surface area is 305 Å². The zero-order valence-electron chi connectivity index (χ0n) is 30.8. The number of rotatable bonds is 14. The fraction of sp³-hybridized carbons (Fsp3) is 0.500. The minimum atomic E-state index is -0.921. The second-order valence-corrected chi connectivity index (χ2v) is 15.3. The number of imidazole rings is 1. The number of ether oxygens (including phenoxy) is 5. The zero-order chi connectivity index (χ0) is 36.1. The van der Waals surface area contributed by atoms with Crippen molar-refractivity contribution < 1.29 is 28.5 Å². The van der Waals surface area contributed by atoms with Gasteiger partial charge in [-0.15, -0.1) is 0 Å². The van der Waals surface area contributed by atoms with Crippen LogP contribution in [0.2, 0.25) is 0 Å². The van der Waals surface area contributed by atoms with Crippen molar-refractivity contribution in [2.75, 3.05) is 44.9 Å². The summed E-state index contributed by atoms with van der Waals surface area (Å²) in [6.45, 7) is 17.7. The van der Waals surface area contributed by atoms with E-state index in [1.54, 1.807) is 0 Å². The summed E-state index contributed by atoms with van der Waals surface area (Å²) in [4.78, 5) is 20.9. The summed E-state index contributed by atoms with van der Waals surface area (Å²) in [5.74, 6) is 0.465. The van der Waals surface area contributed by atoms with Crippen molar-refractivity contribution in [2.24, 2.45) is 0 Å². The van der Waals surface area contributed by atoms with Crippen LogP contribution in [-0.4, -0.2) is 72.7 Å². The van der Waals surface area contributed by atoms with Gasteiger partial charge in [-0.3, -0.25) is 4.40 Å². The van der Waals surface area contributed by atoms with Crippen molar-refractivity contribution in [1.82, 2.24) is 9.38 Å². The fourth-order valence-corrected chi connectivity index (χ4v) is 6.77. The highest BCUT2D eigenvalue weighted by molar-refractivity contribution is 9.10. The van der Waals surface area contributed by atoms with Crippen molar-refractivity contribution in [2.45, 2.75) is 91.3 Å². The molecule has 50 heavy (non-hydrogen) atoms. The maximum atomic E-state index is 13.5. The Morgan fingerprint density at radius 1 is 1.02 bits per heavy atom. The molecule has 9 nitrogen and oxygen atoms in total. The summed E-state index contributed by atoms with van der Waals surface area (Å²) in [6.07, 6.45) is 2.73. The highest BCUT2D eigenvalue weighted by Crippen LogP contribution is 2.41. The van der Waals surface area contributed by atoms with E-state index in [0.717, 1.165) is 75.4 Å². The number of esters is 1. The van der Waals surface area contributed by atoms with Crippen LogP contribution >= 0.6 is 15.9 Å². The van der Waals surface area contributed by atoms with Crippen LogP contribution in [0.4, 0.5) is 5.82 Å². The number of anilines is 1. The van der Waals surface area contributed by atoms with Gasteiger partial charge >= 0.3 is 5.97 Å². The maximum absolute atomic E-state index is 13.5. The standard InChI is InChI=1S/C40H52BrN3O6/c1-27(48-26-30-13-10-9-11-14-30)25-47-21-22-49-40(7)17-19-43(20-18-40)37-34(35(38(45)46-8)50-39(4,5)6)28(2)29(3)36-42-33(24-44(36)37)31-15-12-16-32(41)23-31/h9-16,23-24,27,35H,17-22,25-26H2,1-8H3/t27-,35+/m1/s1. The number of fused-ring (bicyclic) bond motifs is 1. The van der Waals surface area contributed by atoms with Crippen LogP contribution in [0.3, 0.4) is 0 Å². The lowest BCUT2D eigenvalue weighted by Crippen LogP contribution is -2.46. The lowest BCUT2D eigenvalue weighted by atomic mass is 9.92. The molecule has 5 rings (SSSR count). The molecule has 0 amide bonds. The molecule has 10 heteroatoms. The van der Waals surface area contributed by atoms with E-state index in [1.165, 1.54) is 7.11 Å². The minimum absolute atomic E-state index is 0.0128. The topological polar surface area (TPSA) is 83.8 Å². The number of halogens is 1. The first kappa shape index (κ1) is 38.0. The molecule has 1 aliphatic heterocycles. The summed E-state index contributed by atoms with van der Waals surface area (Å²) in [7, 11) is 1.41. The van der Waals surface area contributed by atoms with Crippen molar-refractivity contribution >= 4 is 33.4 Å². The van der Waals surface area contributed by atoms with Crippen molar-refractivity contribution in [3.63, 3.8) is 0 Å². The minimum Gasteiger partial charge on any atom is -0.467 e. The first-order valence-electron chi connectivity index (χ1n) is 17.4. The molecule has 1 aliphatic rings. The van der Waals surface area contributed by atoms with Gasteiger partial charge in [-0.25, -0.2) is 9.78 Å². The Balaban J connectivity index is 1.34. The van der Waals surface area contributed by atoms with E-state index in [4.69, 9.17) is 28.7 Å². The molecule has 1 fully saturated rings. The second kappa shape index (κ2) is 16.4. The predicted octanol–water partition coefficient (Wildman–Crippen LogP) is 8.41. The number of piperidine rings is 1. The average molecular weight is 751 g/mol. The van der Waals surface area contributed by atoms with Gasteiger partial charge in [0.1, 0.15) is 11.5 Å². The molecule has 2 aromatic carbocycles. The number of hydrogen-bond acceptors (Lipinski definition) is 8. The zero-order valence-corrected chi connectivity index (χ0v) is 32.3. The first-order chi connectivity index (χ1) is 23.8. The third kappa shape index (κ3) is 9.33. The van der Waals surface area contributed by atoms with Crippen LogP contribution in [0.1, 0.15) is 75.8 Å². The van der Waals surface area contributed by atoms with Gasteiger partial charge in [0, 0.05) is 34.9 Å². The van der Waals surface area contributed by atoms with E-state index >= 15 is 0 Å². The largest absolute Gasteiger partial charge is 0.467 e. The van der Waals surface area contributed by atoms with Gasteiger partial charge in [-0.05, 0) is 90.1 Å². The lowest BCUT2D eigenvalue weighted by Gasteiger charge is -2.42. The van der Waals surface area contributed by atoms with Gasteiger partial charge in [0.2, 0.25) is 0 Å². The predicted molar refractivity (Wildman–Crippen MR) is 201 cm³/mol. The third-order valence-corrected chi connectivity index (χ3v) is 9.77. The maximum Gasteiger partial charge on any atom is 0.339 e. The molecule has 0 spiro atoms. The number of carbonyl (C=O) groups is 1. The van der Waals surface area contributed by atoms with Crippen LogP contribution in [-0.2, 0) is 35.1 Å². The van der Waals surface area contributed by atoms with E-state index in [9.17, 15) is 4.79 Å². The Morgan fingerprint density at radius 3 is 2.40 bits per heavy atom. The van der Waals surface area contributed by atoms with Crippen molar-refractivity contribution in [3.8, 4) is 11.3 Å². The number of methoxy groups -OCH3 is 1. The second-order valence-electron chi connectivity index (χ2n) is 14.4. The molecule has 3 heterocycles. The molecular weight excluding hydrogens is 698 g/mol. The van der Waals surface area contributed by atoms with E-state index in [0.29, 0.717) is 26.4 Å². The summed E-state index contributed by atoms with van der Waals surface area (Å²) >= 11 is 3.61. The van der Waals surface area contributed by atoms with E-state index < -0.39 is 17.7 Å². The summed E-state index contributed by atoms with van der Waals surface area (Å²) in [6, 6.07) is 18.3. The van der Waals surface area contributed by atoms with Gasteiger partial charge in [0.05, 0.1) is 56.5 Å². The Bertz CT molecular complexity index is 1740. The quantitative estimate of drug-likeness (QED) is 0.0939. The molecule has 2 aromatic heterocycles. The number of carbonyl (C=O) groups excluding carboxylic acids is 1. The number of aromatic nitrogens is 2. The van der Waals surface area contributed by atoms with E-state index in [-0.39, 0.29) is 11.7 Å². The molecule has 2 atom stereocenters. The van der Waals surface area contributed by atoms with Crippen molar-refractivity contribution in [1.29, 1.82) is 0 Å². The third-order valence-electron chi connectivity index (χ3n) is 9.27. The smallest absolute Gasteiger partial charge is 0.339 e. The summed E-state index contributed by atoms with van der Waals surface area (Å²) in [5.41, 5.74) is 5.69. The van der Waals surface area contributed by atoms with Gasteiger partial charge < -0.3 is 28.6 Å². The number of hydrogen-bond donors (Lipinski definition) is 0. The molecular formula is C40H52BrN3O6. The van der Waals surface area contributed by atoms with Gasteiger partial charge in [0.15, 0.2) is 6.10 Å². The van der Waals surface area contributed by atoms with Crippen LogP contribution in [0.15, 0.2) is 65.3 Å². The number of nitrogens with zero attached hydrogens (tertiary/aromatic N) is 3. The Morgan fingerprint density at radius 2 is 1.74 bits per heavy atom. The summed E-state index contributed by atoms with van der Waals surface area (Å²) in [5, 5.41) is 0. The SMILES string of the molecule is COC(=O)[C@@H](OC(C)(C)C)c1c(C)c(C)c2nc(-c3cccc(Br)c3)cn2c1N1CCC(C)(OCCOC[C@@H](C)OCc2ccccc2)CC1. The van der Waals surface area contributed by atoms with E-state index in [2.05, 4.69) is 69.5 Å². The monoisotopic (exact) mass is 749 g/mol. The van der Waals surface area contributed by atoms with Gasteiger partial charge in [-0.1, -0.05) is 58.4 Å². The van der Waals surface area contributed by atoms with Gasteiger partial charge in [-0.2, -0.15) is 0 Å². The molecule has 0 N–H and O–H groups in total. The molecule has 1 saturated heterocycles. The van der Waals surface area contributed by atoms with Gasteiger partial charge in [0.25, 0.3) is 0 Å². The number of pyridine rings is 1. The fourth-order valence-electron chi connectivity index (χ4n) is 6.38. The molecule has 270 valence electrons. The number of benzene rings is 2. The molecule has 0 unspecified atom stereocenters. The average Bonchev–Trinajstić information content (AvgIpc) is 3.54. The molecule has 0 saturated carbocycles. The first-order valence-corrected chi connectivity index (χ1v) is 18.2. The highest BCUT2D eigenvalue weighted by Gasteiger charge is 2.38. The van der Waals surface area contributed by atoms with Crippen LogP contribution < -0.4 is 4.90 Å². The van der Waals surface area contributed by atoms with Crippen LogP contribution in [0.5, 0.6) is 0 Å². The van der Waals surface area contributed by atoms with Crippen LogP contribution in [0, 0.1) is 13.8 Å². The lowest BCUT2D eigenvalue weighted by molar-refractivity contribution is -0.164. The highest BCUT2D eigenvalue weighted by atomic mass is 79.9. The van der Waals surface area contributed by atoms with E-state index in [1.807, 2.05) is 65.0 Å². The molecule has 4 aromatic rings. The summed E-state index contributed by atoms with van der Waals surface area (Å²) < 4.78 is 33.2. The normalized spacial score (nSPS) is 16.1. The van der Waals surface area contributed by atoms with Crippen LogP contribution in [0.25, 0.3) is 16.9 Å².